The maximum Gasteiger partial charge on any atom is 0.338 e. The van der Waals surface area contributed by atoms with Gasteiger partial charge in [0.05, 0.1) is 11.3 Å². The van der Waals surface area contributed by atoms with Crippen LogP contribution in [0.1, 0.15) is 42.6 Å². The Bertz CT molecular complexity index is 919. The average molecular weight is 394 g/mol. The molecule has 3 amide bonds. The van der Waals surface area contributed by atoms with Gasteiger partial charge in [0, 0.05) is 18.5 Å². The quantitative estimate of drug-likeness (QED) is 0.600. The van der Waals surface area contributed by atoms with Gasteiger partial charge in [-0.25, -0.2) is 4.79 Å². The van der Waals surface area contributed by atoms with Crippen LogP contribution in [0.25, 0.3) is 0 Å². The van der Waals surface area contributed by atoms with E-state index in [2.05, 4.69) is 5.32 Å². The van der Waals surface area contributed by atoms with E-state index in [0.29, 0.717) is 11.4 Å². The van der Waals surface area contributed by atoms with Gasteiger partial charge in [0.2, 0.25) is 11.8 Å². The van der Waals surface area contributed by atoms with Crippen LogP contribution in [0.4, 0.5) is 11.4 Å². The van der Waals surface area contributed by atoms with Crippen molar-refractivity contribution in [3.8, 4) is 0 Å². The topological polar surface area (TPSA) is 92.8 Å². The van der Waals surface area contributed by atoms with Crippen molar-refractivity contribution in [2.75, 3.05) is 10.2 Å². The summed E-state index contributed by atoms with van der Waals surface area (Å²) >= 11 is 0. The number of aryl methyl sites for hydroxylation is 1. The minimum atomic E-state index is -0.991. The van der Waals surface area contributed by atoms with Gasteiger partial charge in [-0.1, -0.05) is 19.1 Å². The molecule has 0 saturated carbocycles. The number of hydrogen-bond donors (Lipinski definition) is 1. The number of nitrogens with zero attached hydrogens (tertiary/aromatic N) is 1. The molecule has 0 spiro atoms. The molecule has 0 radical (unpaired) electrons. The molecule has 150 valence electrons. The van der Waals surface area contributed by atoms with E-state index in [-0.39, 0.29) is 30.2 Å². The van der Waals surface area contributed by atoms with E-state index in [9.17, 15) is 19.2 Å². The first-order chi connectivity index (χ1) is 13.9. The molecule has 1 atom stereocenters. The van der Waals surface area contributed by atoms with Crippen LogP contribution >= 0.6 is 0 Å². The molecule has 7 nitrogen and oxygen atoms in total. The van der Waals surface area contributed by atoms with Crippen LogP contribution < -0.4 is 10.2 Å². The van der Waals surface area contributed by atoms with Crippen molar-refractivity contribution in [1.82, 2.24) is 0 Å². The van der Waals surface area contributed by atoms with Crippen LogP contribution in [0.5, 0.6) is 0 Å². The summed E-state index contributed by atoms with van der Waals surface area (Å²) in [5.74, 6) is -1.63. The molecule has 0 aliphatic carbocycles. The van der Waals surface area contributed by atoms with Gasteiger partial charge < -0.3 is 10.1 Å². The zero-order valence-corrected chi connectivity index (χ0v) is 16.3. The van der Waals surface area contributed by atoms with Crippen molar-refractivity contribution in [3.05, 3.63) is 59.7 Å². The SMILES string of the molecule is CCc1ccc(NC(=O)C(C)OC(=O)c2ccc(N3C(=O)CCC3=O)cc2)cc1. The highest BCUT2D eigenvalue weighted by Gasteiger charge is 2.30. The Morgan fingerprint density at radius 3 is 2.14 bits per heavy atom. The van der Waals surface area contributed by atoms with Crippen LogP contribution in [0.15, 0.2) is 48.5 Å². The molecule has 1 N–H and O–H groups in total. The van der Waals surface area contributed by atoms with Gasteiger partial charge >= 0.3 is 5.97 Å². The molecule has 1 aliphatic rings. The van der Waals surface area contributed by atoms with Gasteiger partial charge in [0.15, 0.2) is 6.10 Å². The molecule has 1 unspecified atom stereocenters. The first-order valence-electron chi connectivity index (χ1n) is 9.45. The van der Waals surface area contributed by atoms with Gasteiger partial charge in [0.1, 0.15) is 0 Å². The Morgan fingerprint density at radius 2 is 1.59 bits per heavy atom. The summed E-state index contributed by atoms with van der Waals surface area (Å²) in [5.41, 5.74) is 2.41. The monoisotopic (exact) mass is 394 g/mol. The number of nitrogens with one attached hydrogen (secondary N) is 1. The first-order valence-corrected chi connectivity index (χ1v) is 9.45. The zero-order chi connectivity index (χ0) is 21.0. The Hall–Kier alpha value is -3.48. The van der Waals surface area contributed by atoms with Crippen molar-refractivity contribution in [3.63, 3.8) is 0 Å². The summed E-state index contributed by atoms with van der Waals surface area (Å²) in [4.78, 5) is 49.2. The van der Waals surface area contributed by atoms with Crippen molar-refractivity contribution in [2.24, 2.45) is 0 Å². The lowest BCUT2D eigenvalue weighted by molar-refractivity contribution is -0.124. The Kier molecular flexibility index (Phi) is 6.07. The molecule has 7 heteroatoms. The fraction of sp³-hybridized carbons (Fsp3) is 0.273. The third-order valence-electron chi connectivity index (χ3n) is 4.70. The molecule has 29 heavy (non-hydrogen) atoms. The number of rotatable bonds is 6. The highest BCUT2D eigenvalue weighted by molar-refractivity contribution is 6.19. The average Bonchev–Trinajstić information content (AvgIpc) is 3.06. The van der Waals surface area contributed by atoms with E-state index in [0.717, 1.165) is 16.9 Å². The normalized spacial score (nSPS) is 14.6. The van der Waals surface area contributed by atoms with Crippen LogP contribution in [0, 0.1) is 0 Å². The molecule has 1 aliphatic heterocycles. The second kappa shape index (κ2) is 8.68. The summed E-state index contributed by atoms with van der Waals surface area (Å²) in [6.07, 6.45) is 0.295. The highest BCUT2D eigenvalue weighted by atomic mass is 16.5. The van der Waals surface area contributed by atoms with Gasteiger partial charge in [-0.05, 0) is 55.3 Å². The van der Waals surface area contributed by atoms with E-state index in [1.807, 2.05) is 19.1 Å². The first kappa shape index (κ1) is 20.3. The summed E-state index contributed by atoms with van der Waals surface area (Å²) in [7, 11) is 0. The number of hydrogen-bond acceptors (Lipinski definition) is 5. The predicted octanol–water partition coefficient (Wildman–Crippen LogP) is 3.09. The molecule has 3 rings (SSSR count). The summed E-state index contributed by atoms with van der Waals surface area (Å²) < 4.78 is 5.22. The van der Waals surface area contributed by atoms with E-state index in [1.165, 1.54) is 31.2 Å². The minimum absolute atomic E-state index is 0.191. The Balaban J connectivity index is 1.59. The van der Waals surface area contributed by atoms with Gasteiger partial charge in [-0.2, -0.15) is 0 Å². The summed E-state index contributed by atoms with van der Waals surface area (Å²) in [5, 5.41) is 2.71. The zero-order valence-electron chi connectivity index (χ0n) is 16.3. The lowest BCUT2D eigenvalue weighted by Crippen LogP contribution is -2.30. The molecular weight excluding hydrogens is 372 g/mol. The number of carbonyl (C=O) groups excluding carboxylic acids is 4. The number of carbonyl (C=O) groups is 4. The lowest BCUT2D eigenvalue weighted by Gasteiger charge is -2.15. The number of esters is 1. The van der Waals surface area contributed by atoms with Gasteiger partial charge in [-0.15, -0.1) is 0 Å². The van der Waals surface area contributed by atoms with Crippen molar-refractivity contribution in [2.45, 2.75) is 39.2 Å². The van der Waals surface area contributed by atoms with Gasteiger partial charge in [-0.3, -0.25) is 19.3 Å². The second-order valence-corrected chi connectivity index (χ2v) is 6.76. The van der Waals surface area contributed by atoms with Crippen molar-refractivity contribution in [1.29, 1.82) is 0 Å². The van der Waals surface area contributed by atoms with Crippen LogP contribution in [0.3, 0.4) is 0 Å². The molecule has 1 fully saturated rings. The van der Waals surface area contributed by atoms with E-state index >= 15 is 0 Å². The van der Waals surface area contributed by atoms with Crippen molar-refractivity contribution < 1.29 is 23.9 Å². The highest BCUT2D eigenvalue weighted by Crippen LogP contribution is 2.23. The van der Waals surface area contributed by atoms with Crippen LogP contribution in [-0.2, 0) is 25.5 Å². The third-order valence-corrected chi connectivity index (χ3v) is 4.70. The number of ether oxygens (including phenoxy) is 1. The second-order valence-electron chi connectivity index (χ2n) is 6.76. The molecule has 0 bridgehead atoms. The molecular formula is C22H22N2O5. The largest absolute Gasteiger partial charge is 0.449 e. The van der Waals surface area contributed by atoms with E-state index in [1.54, 1.807) is 12.1 Å². The minimum Gasteiger partial charge on any atom is -0.449 e. The fourth-order valence-corrected chi connectivity index (χ4v) is 2.96. The Morgan fingerprint density at radius 1 is 1.00 bits per heavy atom. The number of anilines is 2. The van der Waals surface area contributed by atoms with Crippen molar-refractivity contribution >= 4 is 35.1 Å². The maximum atomic E-state index is 12.3. The number of amides is 3. The van der Waals surface area contributed by atoms with Crippen LogP contribution in [0.2, 0.25) is 0 Å². The van der Waals surface area contributed by atoms with E-state index in [4.69, 9.17) is 4.74 Å². The standard InChI is InChI=1S/C22H22N2O5/c1-3-15-4-8-17(9-5-15)23-21(27)14(2)29-22(28)16-6-10-18(11-7-16)24-19(25)12-13-20(24)26/h4-11,14H,3,12-13H2,1-2H3,(H,23,27). The molecule has 2 aromatic rings. The van der Waals surface area contributed by atoms with Gasteiger partial charge in [0.25, 0.3) is 5.91 Å². The fourth-order valence-electron chi connectivity index (χ4n) is 2.96. The molecule has 1 heterocycles. The third kappa shape index (κ3) is 4.68. The predicted molar refractivity (Wildman–Crippen MR) is 107 cm³/mol. The summed E-state index contributed by atoms with van der Waals surface area (Å²) in [6, 6.07) is 13.4. The maximum absolute atomic E-state index is 12.3. The van der Waals surface area contributed by atoms with Crippen LogP contribution in [-0.4, -0.2) is 29.8 Å². The number of imide groups is 1. The lowest BCUT2D eigenvalue weighted by atomic mass is 10.1. The smallest absolute Gasteiger partial charge is 0.338 e. The Labute approximate surface area is 168 Å². The molecule has 2 aromatic carbocycles. The molecule has 0 aromatic heterocycles. The van der Waals surface area contributed by atoms with E-state index < -0.39 is 18.0 Å². The summed E-state index contributed by atoms with van der Waals surface area (Å²) in [6.45, 7) is 3.53. The number of benzene rings is 2. The molecule has 1 saturated heterocycles.